The molecule has 1 N–H and O–H groups in total. The van der Waals surface area contributed by atoms with E-state index in [1.807, 2.05) is 11.0 Å². The molecular weight excluding hydrogens is 306 g/mol. The predicted molar refractivity (Wildman–Crippen MR) is 80.4 cm³/mol. The van der Waals surface area contributed by atoms with Crippen LogP contribution >= 0.6 is 15.9 Å². The molecule has 0 aliphatic carbocycles. The lowest BCUT2D eigenvalue weighted by Crippen LogP contribution is -2.43. The molecule has 2 rings (SSSR count). The number of aromatic nitrogens is 1. The Bertz CT molecular complexity index is 488. The Labute approximate surface area is 122 Å². The van der Waals surface area contributed by atoms with E-state index in [0.717, 1.165) is 24.0 Å². The normalized spacial score (nSPS) is 18.2. The van der Waals surface area contributed by atoms with Gasteiger partial charge in [-0.05, 0) is 40.3 Å². The Morgan fingerprint density at radius 3 is 2.89 bits per heavy atom. The summed E-state index contributed by atoms with van der Waals surface area (Å²) in [5.74, 6) is 0.697. The van der Waals surface area contributed by atoms with E-state index in [4.69, 9.17) is 0 Å². The van der Waals surface area contributed by atoms with Crippen molar-refractivity contribution in [3.05, 3.63) is 22.3 Å². The average molecular weight is 326 g/mol. The Morgan fingerprint density at radius 1 is 1.53 bits per heavy atom. The molecule has 5 heteroatoms. The van der Waals surface area contributed by atoms with Gasteiger partial charge in [-0.15, -0.1) is 0 Å². The van der Waals surface area contributed by atoms with Crippen molar-refractivity contribution in [1.82, 2.24) is 9.88 Å². The van der Waals surface area contributed by atoms with Gasteiger partial charge < -0.3 is 10.2 Å². The van der Waals surface area contributed by atoms with Gasteiger partial charge >= 0.3 is 0 Å². The second-order valence-electron chi connectivity index (χ2n) is 5.79. The van der Waals surface area contributed by atoms with E-state index in [0.29, 0.717) is 11.4 Å². The molecule has 0 saturated carbocycles. The number of rotatable bonds is 2. The number of carbonyl (C=O) groups is 1. The quantitative estimate of drug-likeness (QED) is 0.908. The van der Waals surface area contributed by atoms with Crippen LogP contribution in [-0.4, -0.2) is 35.9 Å². The van der Waals surface area contributed by atoms with E-state index in [1.54, 1.807) is 13.2 Å². The van der Waals surface area contributed by atoms with Gasteiger partial charge in [0.05, 0.1) is 5.56 Å². The first-order valence-corrected chi connectivity index (χ1v) is 7.35. The third-order valence-corrected chi connectivity index (χ3v) is 3.94. The molecule has 1 fully saturated rings. The number of halogens is 1. The van der Waals surface area contributed by atoms with Crippen LogP contribution in [0.25, 0.3) is 0 Å². The van der Waals surface area contributed by atoms with Crippen molar-refractivity contribution in [2.45, 2.75) is 26.7 Å². The average Bonchev–Trinajstić information content (AvgIpc) is 2.36. The molecular formula is C14H20BrN3O. The van der Waals surface area contributed by atoms with Crippen molar-refractivity contribution >= 4 is 27.7 Å². The van der Waals surface area contributed by atoms with Gasteiger partial charge in [-0.2, -0.15) is 0 Å². The van der Waals surface area contributed by atoms with Crippen LogP contribution in [0.15, 0.2) is 16.7 Å². The first-order valence-electron chi connectivity index (χ1n) is 6.55. The zero-order valence-corrected chi connectivity index (χ0v) is 13.2. The van der Waals surface area contributed by atoms with Crippen LogP contribution in [0.1, 0.15) is 37.0 Å². The molecule has 1 aliphatic rings. The number of amides is 1. The highest BCUT2D eigenvalue weighted by Gasteiger charge is 2.30. The third-order valence-electron chi connectivity index (χ3n) is 3.51. The Balaban J connectivity index is 2.26. The summed E-state index contributed by atoms with van der Waals surface area (Å²) in [6, 6.07) is 1.84. The summed E-state index contributed by atoms with van der Waals surface area (Å²) >= 11 is 3.38. The van der Waals surface area contributed by atoms with E-state index in [1.165, 1.54) is 6.42 Å². The smallest absolute Gasteiger partial charge is 0.257 e. The SMILES string of the molecule is CNc1ncc(Br)cc1C(=O)N1CCCC(C)(C)C1. The highest BCUT2D eigenvalue weighted by molar-refractivity contribution is 9.10. The van der Waals surface area contributed by atoms with Crippen LogP contribution in [0.5, 0.6) is 0 Å². The Morgan fingerprint density at radius 2 is 2.26 bits per heavy atom. The molecule has 1 aromatic heterocycles. The molecule has 0 atom stereocenters. The van der Waals surface area contributed by atoms with E-state index in [9.17, 15) is 4.79 Å². The number of pyridine rings is 1. The van der Waals surface area contributed by atoms with Crippen LogP contribution in [-0.2, 0) is 0 Å². The van der Waals surface area contributed by atoms with Gasteiger partial charge in [-0.3, -0.25) is 4.79 Å². The first-order chi connectivity index (χ1) is 8.93. The molecule has 2 heterocycles. The molecule has 0 unspecified atom stereocenters. The van der Waals surface area contributed by atoms with Crippen LogP contribution in [0.2, 0.25) is 0 Å². The molecule has 1 aliphatic heterocycles. The van der Waals surface area contributed by atoms with Gasteiger partial charge in [-0.1, -0.05) is 13.8 Å². The highest BCUT2D eigenvalue weighted by Crippen LogP contribution is 2.30. The molecule has 0 bridgehead atoms. The van der Waals surface area contributed by atoms with Gasteiger partial charge in [0.1, 0.15) is 5.82 Å². The maximum Gasteiger partial charge on any atom is 0.257 e. The van der Waals surface area contributed by atoms with Gasteiger partial charge in [-0.25, -0.2) is 4.98 Å². The van der Waals surface area contributed by atoms with Crippen molar-refractivity contribution in [3.63, 3.8) is 0 Å². The summed E-state index contributed by atoms with van der Waals surface area (Å²) in [4.78, 5) is 18.8. The fraction of sp³-hybridized carbons (Fsp3) is 0.571. The molecule has 1 amide bonds. The minimum Gasteiger partial charge on any atom is -0.372 e. The Kier molecular flexibility index (Phi) is 4.13. The number of nitrogens with zero attached hydrogens (tertiary/aromatic N) is 2. The van der Waals surface area contributed by atoms with Crippen molar-refractivity contribution in [2.75, 3.05) is 25.5 Å². The van der Waals surface area contributed by atoms with Crippen molar-refractivity contribution in [3.8, 4) is 0 Å². The summed E-state index contributed by atoms with van der Waals surface area (Å²) < 4.78 is 0.825. The summed E-state index contributed by atoms with van der Waals surface area (Å²) in [7, 11) is 1.78. The predicted octanol–water partition coefficient (Wildman–Crippen LogP) is 3.15. The van der Waals surface area contributed by atoms with E-state index < -0.39 is 0 Å². The van der Waals surface area contributed by atoms with Crippen molar-refractivity contribution in [2.24, 2.45) is 5.41 Å². The molecule has 0 radical (unpaired) electrons. The van der Waals surface area contributed by atoms with Crippen LogP contribution in [0, 0.1) is 5.41 Å². The summed E-state index contributed by atoms with van der Waals surface area (Å²) in [6.07, 6.45) is 3.93. The molecule has 1 aromatic rings. The number of carbonyl (C=O) groups excluding carboxylic acids is 1. The van der Waals surface area contributed by atoms with Gasteiger partial charge in [0.25, 0.3) is 5.91 Å². The maximum atomic E-state index is 12.6. The number of hydrogen-bond acceptors (Lipinski definition) is 3. The number of anilines is 1. The zero-order chi connectivity index (χ0) is 14.0. The lowest BCUT2D eigenvalue weighted by molar-refractivity contribution is 0.0584. The summed E-state index contributed by atoms with van der Waals surface area (Å²) in [5, 5.41) is 2.98. The fourth-order valence-electron chi connectivity index (χ4n) is 2.57. The molecule has 0 aromatic carbocycles. The number of likely N-dealkylation sites (tertiary alicyclic amines) is 1. The maximum absolute atomic E-state index is 12.6. The van der Waals surface area contributed by atoms with E-state index in [-0.39, 0.29) is 11.3 Å². The van der Waals surface area contributed by atoms with Gasteiger partial charge in [0.2, 0.25) is 0 Å². The minimum atomic E-state index is 0.0610. The van der Waals surface area contributed by atoms with Crippen LogP contribution in [0.4, 0.5) is 5.82 Å². The van der Waals surface area contributed by atoms with Crippen molar-refractivity contribution < 1.29 is 4.79 Å². The number of nitrogens with one attached hydrogen (secondary N) is 1. The molecule has 104 valence electrons. The molecule has 1 saturated heterocycles. The third kappa shape index (κ3) is 3.26. The van der Waals surface area contributed by atoms with Gasteiger partial charge in [0, 0.05) is 30.8 Å². The number of piperidine rings is 1. The second-order valence-corrected chi connectivity index (χ2v) is 6.71. The number of hydrogen-bond donors (Lipinski definition) is 1. The fourth-order valence-corrected chi connectivity index (χ4v) is 2.90. The van der Waals surface area contributed by atoms with Gasteiger partial charge in [0.15, 0.2) is 0 Å². The topological polar surface area (TPSA) is 45.2 Å². The largest absolute Gasteiger partial charge is 0.372 e. The van der Waals surface area contributed by atoms with Crippen LogP contribution in [0.3, 0.4) is 0 Å². The Hall–Kier alpha value is -1.10. The first kappa shape index (κ1) is 14.3. The van der Waals surface area contributed by atoms with Crippen molar-refractivity contribution in [1.29, 1.82) is 0 Å². The lowest BCUT2D eigenvalue weighted by atomic mass is 9.84. The minimum absolute atomic E-state index is 0.0610. The summed E-state index contributed by atoms with van der Waals surface area (Å²) in [5.41, 5.74) is 0.835. The molecule has 0 spiro atoms. The van der Waals surface area contributed by atoms with E-state index >= 15 is 0 Å². The highest BCUT2D eigenvalue weighted by atomic mass is 79.9. The second kappa shape index (κ2) is 5.49. The zero-order valence-electron chi connectivity index (χ0n) is 11.7. The van der Waals surface area contributed by atoms with Crippen LogP contribution < -0.4 is 5.32 Å². The molecule has 4 nitrogen and oxygen atoms in total. The lowest BCUT2D eigenvalue weighted by Gasteiger charge is -2.38. The molecule has 19 heavy (non-hydrogen) atoms. The summed E-state index contributed by atoms with van der Waals surface area (Å²) in [6.45, 7) is 6.06. The monoisotopic (exact) mass is 325 g/mol. The standard InChI is InChI=1S/C14H20BrN3O/c1-14(2)5-4-6-18(9-14)13(19)11-7-10(15)8-17-12(11)16-3/h7-8H,4-6,9H2,1-3H3,(H,16,17). The van der Waals surface area contributed by atoms with E-state index in [2.05, 4.69) is 40.1 Å².